The molecule has 1 atom stereocenters. The minimum absolute atomic E-state index is 0.0897. The number of terminal acetylenes is 1. The van der Waals surface area contributed by atoms with Gasteiger partial charge in [-0.05, 0) is 38.5 Å². The molecular weight excluding hydrogens is 346 g/mol. The minimum Gasteiger partial charge on any atom is -0.490 e. The first-order chi connectivity index (χ1) is 13.0. The van der Waals surface area contributed by atoms with Crippen molar-refractivity contribution in [2.45, 2.75) is 26.7 Å². The van der Waals surface area contributed by atoms with Crippen LogP contribution in [0.1, 0.15) is 36.7 Å². The molecule has 0 aliphatic carbocycles. The van der Waals surface area contributed by atoms with Crippen LogP contribution in [0.5, 0.6) is 17.2 Å². The molecule has 3 rings (SSSR count). The van der Waals surface area contributed by atoms with Crippen LogP contribution in [0.3, 0.4) is 0 Å². The maximum Gasteiger partial charge on any atom is 0.343 e. The van der Waals surface area contributed by atoms with Gasteiger partial charge in [0.15, 0.2) is 11.5 Å². The van der Waals surface area contributed by atoms with E-state index >= 15 is 0 Å². The van der Waals surface area contributed by atoms with E-state index in [1.807, 2.05) is 19.9 Å². The lowest BCUT2D eigenvalue weighted by atomic mass is 9.84. The zero-order valence-electron chi connectivity index (χ0n) is 15.5. The van der Waals surface area contributed by atoms with E-state index in [2.05, 4.69) is 5.92 Å². The molecule has 0 spiro atoms. The second kappa shape index (κ2) is 7.50. The van der Waals surface area contributed by atoms with Gasteiger partial charge in [0.05, 0.1) is 30.3 Å². The van der Waals surface area contributed by atoms with Gasteiger partial charge in [-0.15, -0.1) is 6.42 Å². The Kier molecular flexibility index (Phi) is 5.13. The van der Waals surface area contributed by atoms with Gasteiger partial charge < -0.3 is 24.4 Å². The number of allylic oxidation sites excluding steroid dienone is 1. The summed E-state index contributed by atoms with van der Waals surface area (Å²) in [5, 5.41) is 0. The Labute approximate surface area is 157 Å². The van der Waals surface area contributed by atoms with Gasteiger partial charge >= 0.3 is 5.63 Å². The van der Waals surface area contributed by atoms with Crippen LogP contribution in [0, 0.1) is 19.3 Å². The fourth-order valence-electron chi connectivity index (χ4n) is 3.13. The van der Waals surface area contributed by atoms with Gasteiger partial charge in [0.1, 0.15) is 11.5 Å². The standard InChI is InChI=1S/C21H21NO5/c1-5-14-18(13-8-9-15(24-6-2)16(11-13)25-7-3)19-17(27-20(14)22)10-12(4)26-21(19)23/h1,8-11,18H,6-7,22H2,2-4H3/t18-/m1/s1. The highest BCUT2D eigenvalue weighted by molar-refractivity contribution is 5.57. The molecule has 1 aromatic carbocycles. The normalized spacial score (nSPS) is 15.6. The zero-order chi connectivity index (χ0) is 19.6. The number of ether oxygens (including phenoxy) is 3. The molecule has 1 aliphatic heterocycles. The molecule has 1 aromatic heterocycles. The van der Waals surface area contributed by atoms with Crippen molar-refractivity contribution in [2.24, 2.45) is 5.73 Å². The lowest BCUT2D eigenvalue weighted by Gasteiger charge is -2.26. The van der Waals surface area contributed by atoms with Crippen molar-refractivity contribution < 1.29 is 18.6 Å². The smallest absolute Gasteiger partial charge is 0.343 e. The number of nitrogens with two attached hydrogens (primary N) is 1. The number of benzene rings is 1. The fourth-order valence-corrected chi connectivity index (χ4v) is 3.13. The molecule has 0 fully saturated rings. The molecule has 0 amide bonds. The summed E-state index contributed by atoms with van der Waals surface area (Å²) in [4.78, 5) is 12.6. The zero-order valence-corrected chi connectivity index (χ0v) is 15.5. The molecule has 0 unspecified atom stereocenters. The van der Waals surface area contributed by atoms with E-state index in [-0.39, 0.29) is 5.88 Å². The molecule has 6 nitrogen and oxygen atoms in total. The number of hydrogen-bond acceptors (Lipinski definition) is 6. The van der Waals surface area contributed by atoms with Gasteiger partial charge in [-0.25, -0.2) is 4.79 Å². The highest BCUT2D eigenvalue weighted by atomic mass is 16.5. The molecular formula is C21H21NO5. The van der Waals surface area contributed by atoms with Crippen LogP contribution < -0.4 is 25.6 Å². The Balaban J connectivity index is 2.22. The first-order valence-corrected chi connectivity index (χ1v) is 8.68. The Morgan fingerprint density at radius 3 is 2.56 bits per heavy atom. The Morgan fingerprint density at radius 2 is 1.89 bits per heavy atom. The highest BCUT2D eigenvalue weighted by Gasteiger charge is 2.33. The Morgan fingerprint density at radius 1 is 1.19 bits per heavy atom. The second-order valence-electron chi connectivity index (χ2n) is 5.95. The quantitative estimate of drug-likeness (QED) is 0.818. The Hall–Kier alpha value is -3.33. The van der Waals surface area contributed by atoms with E-state index in [4.69, 9.17) is 30.8 Å². The summed E-state index contributed by atoms with van der Waals surface area (Å²) in [6.45, 7) is 6.42. The van der Waals surface area contributed by atoms with Crippen LogP contribution in [0.2, 0.25) is 0 Å². The summed E-state index contributed by atoms with van der Waals surface area (Å²) in [7, 11) is 0. The van der Waals surface area contributed by atoms with Gasteiger partial charge in [0, 0.05) is 6.07 Å². The predicted octanol–water partition coefficient (Wildman–Crippen LogP) is 3.07. The summed E-state index contributed by atoms with van der Waals surface area (Å²) < 4.78 is 22.2. The van der Waals surface area contributed by atoms with Gasteiger partial charge in [0.2, 0.25) is 5.88 Å². The van der Waals surface area contributed by atoms with Crippen LogP contribution >= 0.6 is 0 Å². The molecule has 0 radical (unpaired) electrons. The largest absolute Gasteiger partial charge is 0.490 e. The summed E-state index contributed by atoms with van der Waals surface area (Å²) >= 11 is 0. The molecule has 2 N–H and O–H groups in total. The van der Waals surface area contributed by atoms with Crippen molar-refractivity contribution in [3.8, 4) is 29.6 Å². The van der Waals surface area contributed by atoms with Gasteiger partial charge in [-0.1, -0.05) is 12.0 Å². The molecule has 0 bridgehead atoms. The van der Waals surface area contributed by atoms with Crippen LogP contribution in [-0.2, 0) is 0 Å². The van der Waals surface area contributed by atoms with Gasteiger partial charge in [-0.2, -0.15) is 0 Å². The third kappa shape index (κ3) is 3.36. The molecule has 140 valence electrons. The lowest BCUT2D eigenvalue weighted by molar-refractivity contribution is 0.287. The molecule has 1 aliphatic rings. The van der Waals surface area contributed by atoms with Crippen molar-refractivity contribution in [3.63, 3.8) is 0 Å². The molecule has 0 saturated heterocycles. The van der Waals surface area contributed by atoms with Crippen LogP contribution in [0.25, 0.3) is 0 Å². The average molecular weight is 367 g/mol. The summed E-state index contributed by atoms with van der Waals surface area (Å²) in [6.07, 6.45) is 5.68. The third-order valence-corrected chi connectivity index (χ3v) is 4.19. The van der Waals surface area contributed by atoms with E-state index in [1.54, 1.807) is 25.1 Å². The van der Waals surface area contributed by atoms with E-state index < -0.39 is 11.5 Å². The monoisotopic (exact) mass is 367 g/mol. The van der Waals surface area contributed by atoms with Crippen LogP contribution in [0.15, 0.2) is 44.9 Å². The first-order valence-electron chi connectivity index (χ1n) is 8.68. The van der Waals surface area contributed by atoms with Gasteiger partial charge in [0.25, 0.3) is 0 Å². The average Bonchev–Trinajstić information content (AvgIpc) is 2.62. The highest BCUT2D eigenvalue weighted by Crippen LogP contribution is 2.42. The molecule has 27 heavy (non-hydrogen) atoms. The molecule has 2 heterocycles. The van der Waals surface area contributed by atoms with E-state index in [0.717, 1.165) is 5.56 Å². The number of hydrogen-bond donors (Lipinski definition) is 1. The number of fused-ring (bicyclic) bond motifs is 1. The van der Waals surface area contributed by atoms with Crippen LogP contribution in [-0.4, -0.2) is 13.2 Å². The number of rotatable bonds is 5. The SMILES string of the molecule is C#CC1=C(N)Oc2cc(C)oc(=O)c2[C@@H]1c1ccc(OCC)c(OCC)c1. The minimum atomic E-state index is -0.592. The summed E-state index contributed by atoms with van der Waals surface area (Å²) in [6, 6.07) is 7.05. The maximum absolute atomic E-state index is 12.6. The summed E-state index contributed by atoms with van der Waals surface area (Å²) in [5.74, 6) is 4.00. The summed E-state index contributed by atoms with van der Waals surface area (Å²) in [5.41, 5.74) is 6.94. The maximum atomic E-state index is 12.6. The van der Waals surface area contributed by atoms with Crippen molar-refractivity contribution >= 4 is 0 Å². The molecule has 6 heteroatoms. The van der Waals surface area contributed by atoms with Crippen molar-refractivity contribution in [1.29, 1.82) is 0 Å². The fraction of sp³-hybridized carbons (Fsp3) is 0.286. The van der Waals surface area contributed by atoms with Crippen LogP contribution in [0.4, 0.5) is 0 Å². The lowest BCUT2D eigenvalue weighted by Crippen LogP contribution is -2.26. The van der Waals surface area contributed by atoms with Crippen molar-refractivity contribution in [2.75, 3.05) is 13.2 Å². The number of aryl methyl sites for hydroxylation is 1. The van der Waals surface area contributed by atoms with E-state index in [9.17, 15) is 4.79 Å². The predicted molar refractivity (Wildman–Crippen MR) is 101 cm³/mol. The first kappa shape index (κ1) is 18.5. The topological polar surface area (TPSA) is 83.9 Å². The second-order valence-corrected chi connectivity index (χ2v) is 5.95. The van der Waals surface area contributed by atoms with Crippen molar-refractivity contribution in [3.05, 3.63) is 63.0 Å². The Bertz CT molecular complexity index is 997. The van der Waals surface area contributed by atoms with Gasteiger partial charge in [-0.3, -0.25) is 0 Å². The van der Waals surface area contributed by atoms with E-state index in [1.165, 1.54) is 0 Å². The molecule has 2 aromatic rings. The van der Waals surface area contributed by atoms with E-state index in [0.29, 0.717) is 47.4 Å². The molecule has 0 saturated carbocycles. The van der Waals surface area contributed by atoms with Crippen molar-refractivity contribution in [1.82, 2.24) is 0 Å². The third-order valence-electron chi connectivity index (χ3n) is 4.19.